The third kappa shape index (κ3) is 7.39. The van der Waals surface area contributed by atoms with E-state index in [1.807, 2.05) is 37.3 Å². The van der Waals surface area contributed by atoms with Crippen LogP contribution in [0.5, 0.6) is 0 Å². The van der Waals surface area contributed by atoms with Crippen LogP contribution in [-0.4, -0.2) is 36.8 Å². The van der Waals surface area contributed by atoms with Crippen LogP contribution in [0.1, 0.15) is 54.8 Å². The third-order valence-electron chi connectivity index (χ3n) is 6.38. The molecule has 1 aromatic heterocycles. The van der Waals surface area contributed by atoms with Crippen molar-refractivity contribution in [1.82, 2.24) is 15.0 Å². The monoisotopic (exact) mass is 536 g/mol. The molecule has 0 radical (unpaired) electrons. The molecule has 3 aromatic rings. The molecule has 1 aliphatic carbocycles. The summed E-state index contributed by atoms with van der Waals surface area (Å²) in [4.78, 5) is 24.3. The van der Waals surface area contributed by atoms with E-state index >= 15 is 0 Å². The van der Waals surface area contributed by atoms with Crippen molar-refractivity contribution >= 4 is 28.1 Å². The number of hydrogen-bond acceptors (Lipinski definition) is 6. The molecule has 1 aliphatic rings. The highest BCUT2D eigenvalue weighted by atomic mass is 32.2. The van der Waals surface area contributed by atoms with E-state index < -0.39 is 21.8 Å². The van der Waals surface area contributed by atoms with Crippen molar-refractivity contribution in [2.24, 2.45) is 5.10 Å². The number of hydrazone groups is 1. The van der Waals surface area contributed by atoms with E-state index in [0.717, 1.165) is 43.2 Å². The zero-order chi connectivity index (χ0) is 27.0. The summed E-state index contributed by atoms with van der Waals surface area (Å²) in [6.45, 7) is 2.05. The Morgan fingerprint density at radius 2 is 1.66 bits per heavy atom. The van der Waals surface area contributed by atoms with Gasteiger partial charge in [-0.05, 0) is 49.6 Å². The fourth-order valence-electron chi connectivity index (χ4n) is 4.30. The molecule has 1 heterocycles. The first-order chi connectivity index (χ1) is 18.3. The topological polar surface area (TPSA) is 121 Å². The molecule has 9 nitrogen and oxygen atoms in total. The summed E-state index contributed by atoms with van der Waals surface area (Å²) >= 11 is 0. The van der Waals surface area contributed by atoms with E-state index in [-0.39, 0.29) is 24.0 Å². The Labute approximate surface area is 223 Å². The summed E-state index contributed by atoms with van der Waals surface area (Å²) in [5, 5.41) is 6.54. The van der Waals surface area contributed by atoms with Crippen molar-refractivity contribution in [1.29, 1.82) is 0 Å². The van der Waals surface area contributed by atoms with Crippen LogP contribution in [0.3, 0.4) is 0 Å². The van der Waals surface area contributed by atoms with E-state index in [9.17, 15) is 18.0 Å². The molecule has 1 saturated carbocycles. The number of benzene rings is 2. The van der Waals surface area contributed by atoms with Gasteiger partial charge in [0.05, 0.1) is 17.7 Å². The van der Waals surface area contributed by atoms with Crippen LogP contribution in [0.25, 0.3) is 0 Å². The minimum absolute atomic E-state index is 0.00486. The van der Waals surface area contributed by atoms with Gasteiger partial charge < -0.3 is 9.73 Å². The summed E-state index contributed by atoms with van der Waals surface area (Å²) in [7, 11) is -3.82. The Morgan fingerprint density at radius 3 is 2.37 bits per heavy atom. The molecule has 0 saturated heterocycles. The second-order valence-corrected chi connectivity index (χ2v) is 11.3. The van der Waals surface area contributed by atoms with Crippen LogP contribution in [-0.2, 0) is 32.7 Å². The maximum atomic E-state index is 13.5. The Bertz CT molecular complexity index is 1360. The van der Waals surface area contributed by atoms with Crippen LogP contribution in [0.2, 0.25) is 0 Å². The molecular formula is C28H32N4O5S. The quantitative estimate of drug-likeness (QED) is 0.244. The minimum Gasteiger partial charge on any atom is -0.459 e. The van der Waals surface area contributed by atoms with Gasteiger partial charge in [-0.15, -0.1) is 0 Å². The van der Waals surface area contributed by atoms with Crippen LogP contribution >= 0.6 is 0 Å². The second kappa shape index (κ2) is 12.7. The van der Waals surface area contributed by atoms with Gasteiger partial charge in [-0.1, -0.05) is 67.3 Å². The van der Waals surface area contributed by atoms with E-state index in [4.69, 9.17) is 4.42 Å². The number of aryl methyl sites for hydroxylation is 1. The lowest BCUT2D eigenvalue weighted by Gasteiger charge is -2.22. The highest BCUT2D eigenvalue weighted by molar-refractivity contribution is 7.89. The average molecular weight is 537 g/mol. The summed E-state index contributed by atoms with van der Waals surface area (Å²) < 4.78 is 34.1. The number of furan rings is 1. The molecule has 38 heavy (non-hydrogen) atoms. The second-order valence-electron chi connectivity index (χ2n) is 9.38. The van der Waals surface area contributed by atoms with Crippen molar-refractivity contribution in [2.45, 2.75) is 63.1 Å². The molecule has 2 aromatic carbocycles. The summed E-state index contributed by atoms with van der Waals surface area (Å²) in [6.07, 6.45) is 6.25. The summed E-state index contributed by atoms with van der Waals surface area (Å²) in [5.74, 6) is -0.858. The standard InChI is InChI=1S/C28H32N4O5S/c1-21-12-16-26(17-13-21)38(35,36)32(19-22-8-4-2-5-9-22)20-25-15-14-24(37-25)18-29-31-28(34)27(33)30-23-10-6-3-7-11-23/h2,4-5,8-9,12-18,23H,3,6-7,10-11,19-20H2,1H3,(H,30,33)(H,31,34)/b29-18+. The van der Waals surface area contributed by atoms with E-state index in [1.54, 1.807) is 36.4 Å². The zero-order valence-electron chi connectivity index (χ0n) is 21.3. The summed E-state index contributed by atoms with van der Waals surface area (Å²) in [6, 6.07) is 19.3. The molecule has 200 valence electrons. The molecule has 1 fully saturated rings. The van der Waals surface area contributed by atoms with Gasteiger partial charge in [-0.25, -0.2) is 13.8 Å². The first-order valence-corrected chi connectivity index (χ1v) is 14.1. The number of amides is 2. The van der Waals surface area contributed by atoms with Gasteiger partial charge in [-0.3, -0.25) is 9.59 Å². The Morgan fingerprint density at radius 1 is 0.947 bits per heavy atom. The Kier molecular flexibility index (Phi) is 9.09. The lowest BCUT2D eigenvalue weighted by Crippen LogP contribution is -2.44. The number of nitrogens with zero attached hydrogens (tertiary/aromatic N) is 2. The normalized spacial score (nSPS) is 14.6. The smallest absolute Gasteiger partial charge is 0.329 e. The zero-order valence-corrected chi connectivity index (χ0v) is 22.1. The number of hydrogen-bond donors (Lipinski definition) is 2. The molecule has 2 amide bonds. The van der Waals surface area contributed by atoms with Crippen molar-refractivity contribution in [3.8, 4) is 0 Å². The number of rotatable bonds is 9. The van der Waals surface area contributed by atoms with Gasteiger partial charge in [0, 0.05) is 12.6 Å². The Balaban J connectivity index is 1.41. The number of carbonyl (C=O) groups is 2. The molecule has 0 aliphatic heterocycles. The van der Waals surface area contributed by atoms with Crippen LogP contribution in [0.4, 0.5) is 0 Å². The first kappa shape index (κ1) is 27.3. The lowest BCUT2D eigenvalue weighted by molar-refractivity contribution is -0.139. The largest absolute Gasteiger partial charge is 0.459 e. The average Bonchev–Trinajstić information content (AvgIpc) is 3.37. The van der Waals surface area contributed by atoms with Gasteiger partial charge in [0.2, 0.25) is 10.0 Å². The first-order valence-electron chi connectivity index (χ1n) is 12.6. The molecule has 0 atom stereocenters. The highest BCUT2D eigenvalue weighted by Gasteiger charge is 2.26. The number of sulfonamides is 1. The van der Waals surface area contributed by atoms with E-state index in [2.05, 4.69) is 15.8 Å². The van der Waals surface area contributed by atoms with Crippen LogP contribution < -0.4 is 10.7 Å². The van der Waals surface area contributed by atoms with Crippen molar-refractivity contribution < 1.29 is 22.4 Å². The lowest BCUT2D eigenvalue weighted by atomic mass is 9.95. The van der Waals surface area contributed by atoms with Crippen molar-refractivity contribution in [3.63, 3.8) is 0 Å². The van der Waals surface area contributed by atoms with E-state index in [1.165, 1.54) is 10.5 Å². The SMILES string of the molecule is Cc1ccc(S(=O)(=O)N(Cc2ccccc2)Cc2ccc(/C=N/NC(=O)C(=O)NC3CCCCC3)o2)cc1. The highest BCUT2D eigenvalue weighted by Crippen LogP contribution is 2.22. The van der Waals surface area contributed by atoms with Gasteiger partial charge in [0.25, 0.3) is 0 Å². The fraction of sp³-hybridized carbons (Fsp3) is 0.321. The van der Waals surface area contributed by atoms with Crippen LogP contribution in [0, 0.1) is 6.92 Å². The van der Waals surface area contributed by atoms with E-state index in [0.29, 0.717) is 11.5 Å². The van der Waals surface area contributed by atoms with Crippen LogP contribution in [0.15, 0.2) is 81.1 Å². The predicted octanol–water partition coefficient (Wildman–Crippen LogP) is 3.88. The van der Waals surface area contributed by atoms with Crippen molar-refractivity contribution in [3.05, 3.63) is 89.4 Å². The molecule has 2 N–H and O–H groups in total. The maximum Gasteiger partial charge on any atom is 0.329 e. The van der Waals surface area contributed by atoms with Gasteiger partial charge in [0.1, 0.15) is 11.5 Å². The third-order valence-corrected chi connectivity index (χ3v) is 8.19. The number of carbonyl (C=O) groups excluding carboxylic acids is 2. The molecular weight excluding hydrogens is 504 g/mol. The maximum absolute atomic E-state index is 13.5. The number of nitrogens with one attached hydrogen (secondary N) is 2. The van der Waals surface area contributed by atoms with Gasteiger partial charge in [0.15, 0.2) is 0 Å². The molecule has 4 rings (SSSR count). The van der Waals surface area contributed by atoms with Gasteiger partial charge in [-0.2, -0.15) is 9.41 Å². The molecule has 0 bridgehead atoms. The predicted molar refractivity (Wildman–Crippen MR) is 144 cm³/mol. The molecule has 10 heteroatoms. The fourth-order valence-corrected chi connectivity index (χ4v) is 5.69. The minimum atomic E-state index is -3.82. The molecule has 0 unspecified atom stereocenters. The Hall–Kier alpha value is -3.76. The van der Waals surface area contributed by atoms with Gasteiger partial charge >= 0.3 is 11.8 Å². The summed E-state index contributed by atoms with van der Waals surface area (Å²) in [5.41, 5.74) is 4.01. The molecule has 0 spiro atoms. The van der Waals surface area contributed by atoms with Crippen molar-refractivity contribution in [2.75, 3.05) is 0 Å².